The van der Waals surface area contributed by atoms with E-state index in [1.165, 1.54) is 5.56 Å². The molecule has 1 saturated carbocycles. The summed E-state index contributed by atoms with van der Waals surface area (Å²) >= 11 is 0. The van der Waals surface area contributed by atoms with Gasteiger partial charge in [0, 0.05) is 11.9 Å². The van der Waals surface area contributed by atoms with E-state index in [1.807, 2.05) is 24.3 Å². The molecule has 4 nitrogen and oxygen atoms in total. The van der Waals surface area contributed by atoms with Crippen LogP contribution in [0.2, 0.25) is 0 Å². The number of aromatic amines is 1. The van der Waals surface area contributed by atoms with Gasteiger partial charge in [0.1, 0.15) is 5.82 Å². The first kappa shape index (κ1) is 10.6. The van der Waals surface area contributed by atoms with E-state index >= 15 is 0 Å². The van der Waals surface area contributed by atoms with Crippen molar-refractivity contribution in [3.05, 3.63) is 54.0 Å². The maximum atomic E-state index is 5.76. The molecule has 4 rings (SSSR count). The molecule has 1 aromatic carbocycles. The Bertz CT molecular complexity index is 705. The Labute approximate surface area is 110 Å². The molecule has 3 N–H and O–H groups in total. The van der Waals surface area contributed by atoms with E-state index < -0.39 is 0 Å². The smallest absolute Gasteiger partial charge is 0.177 e. The molecular weight excluding hydrogens is 236 g/mol. The minimum absolute atomic E-state index is 0.0361. The van der Waals surface area contributed by atoms with Crippen molar-refractivity contribution in [1.29, 1.82) is 0 Å². The fourth-order valence-electron chi connectivity index (χ4n) is 2.66. The summed E-state index contributed by atoms with van der Waals surface area (Å²) in [5.74, 6) is 1.02. The monoisotopic (exact) mass is 250 g/mol. The van der Waals surface area contributed by atoms with Crippen LogP contribution in [-0.2, 0) is 5.41 Å². The van der Waals surface area contributed by atoms with Crippen molar-refractivity contribution >= 4 is 16.9 Å². The van der Waals surface area contributed by atoms with Crippen molar-refractivity contribution in [2.24, 2.45) is 0 Å². The molecule has 0 amide bonds. The van der Waals surface area contributed by atoms with Crippen molar-refractivity contribution < 1.29 is 0 Å². The Hall–Kier alpha value is -2.36. The first-order chi connectivity index (χ1) is 9.28. The van der Waals surface area contributed by atoms with Crippen LogP contribution < -0.4 is 5.73 Å². The normalized spacial score (nSPS) is 16.6. The Kier molecular flexibility index (Phi) is 1.98. The second kappa shape index (κ2) is 3.57. The van der Waals surface area contributed by atoms with Crippen molar-refractivity contribution in [2.75, 3.05) is 5.73 Å². The number of fused-ring (bicyclic) bond motifs is 1. The van der Waals surface area contributed by atoms with E-state index in [2.05, 4.69) is 27.1 Å². The summed E-state index contributed by atoms with van der Waals surface area (Å²) in [5.41, 5.74) is 9.66. The van der Waals surface area contributed by atoms with Gasteiger partial charge in [0.15, 0.2) is 5.65 Å². The molecule has 3 aromatic rings. The molecule has 0 atom stereocenters. The Morgan fingerprint density at radius 3 is 2.58 bits per heavy atom. The molecule has 2 aromatic heterocycles. The number of H-pyrrole nitrogens is 1. The maximum Gasteiger partial charge on any atom is 0.177 e. The number of nitrogens with zero attached hydrogens (tertiary/aromatic N) is 2. The molecule has 1 aliphatic rings. The minimum Gasteiger partial charge on any atom is -0.399 e. The first-order valence-corrected chi connectivity index (χ1v) is 6.45. The largest absolute Gasteiger partial charge is 0.399 e. The van der Waals surface area contributed by atoms with Crippen molar-refractivity contribution in [3.8, 4) is 0 Å². The van der Waals surface area contributed by atoms with E-state index in [4.69, 9.17) is 5.73 Å². The highest BCUT2D eigenvalue weighted by molar-refractivity contribution is 5.71. The zero-order valence-electron chi connectivity index (χ0n) is 10.4. The Morgan fingerprint density at radius 1 is 1.11 bits per heavy atom. The molecular formula is C15H14N4. The SMILES string of the molecule is Nc1ccc(C2(c3nc4ncccc4[nH]3)CC2)cc1. The van der Waals surface area contributed by atoms with Gasteiger partial charge in [0.05, 0.1) is 10.9 Å². The van der Waals surface area contributed by atoms with E-state index in [0.29, 0.717) is 0 Å². The number of nitrogens with one attached hydrogen (secondary N) is 1. The summed E-state index contributed by atoms with van der Waals surface area (Å²) in [5, 5.41) is 0. The van der Waals surface area contributed by atoms with Gasteiger partial charge in [-0.25, -0.2) is 9.97 Å². The third-order valence-corrected chi connectivity index (χ3v) is 3.92. The third-order valence-electron chi connectivity index (χ3n) is 3.92. The zero-order valence-corrected chi connectivity index (χ0v) is 10.4. The summed E-state index contributed by atoms with van der Waals surface area (Å²) in [6.45, 7) is 0. The summed E-state index contributed by atoms with van der Waals surface area (Å²) in [6.07, 6.45) is 4.02. The zero-order chi connectivity index (χ0) is 12.9. The number of hydrogen-bond donors (Lipinski definition) is 2. The van der Waals surface area contributed by atoms with Gasteiger partial charge in [-0.05, 0) is 42.7 Å². The highest BCUT2D eigenvalue weighted by Gasteiger charge is 2.48. The van der Waals surface area contributed by atoms with Crippen LogP contribution in [0.25, 0.3) is 11.2 Å². The average molecular weight is 250 g/mol. The van der Waals surface area contributed by atoms with Crippen molar-refractivity contribution in [2.45, 2.75) is 18.3 Å². The first-order valence-electron chi connectivity index (χ1n) is 6.45. The predicted octanol–water partition coefficient (Wildman–Crippen LogP) is 2.62. The number of benzene rings is 1. The molecule has 0 bridgehead atoms. The van der Waals surface area contributed by atoms with Crippen LogP contribution >= 0.6 is 0 Å². The quantitative estimate of drug-likeness (QED) is 0.687. The molecule has 0 radical (unpaired) electrons. The van der Waals surface area contributed by atoms with Gasteiger partial charge >= 0.3 is 0 Å². The predicted molar refractivity (Wildman–Crippen MR) is 74.8 cm³/mol. The van der Waals surface area contributed by atoms with Gasteiger partial charge < -0.3 is 10.7 Å². The fraction of sp³-hybridized carbons (Fsp3) is 0.200. The number of anilines is 1. The average Bonchev–Trinajstić information content (AvgIpc) is 3.13. The second-order valence-corrected chi connectivity index (χ2v) is 5.16. The van der Waals surface area contributed by atoms with Gasteiger partial charge in [-0.2, -0.15) is 0 Å². The molecule has 0 saturated heterocycles. The molecule has 0 spiro atoms. The van der Waals surface area contributed by atoms with Crippen molar-refractivity contribution in [1.82, 2.24) is 15.0 Å². The number of nitrogen functional groups attached to an aromatic ring is 1. The molecule has 1 aliphatic carbocycles. The lowest BCUT2D eigenvalue weighted by Gasteiger charge is -2.12. The highest BCUT2D eigenvalue weighted by atomic mass is 15.0. The Balaban J connectivity index is 1.84. The summed E-state index contributed by atoms with van der Waals surface area (Å²) in [4.78, 5) is 12.3. The molecule has 4 heteroatoms. The fourth-order valence-corrected chi connectivity index (χ4v) is 2.66. The third kappa shape index (κ3) is 1.53. The number of rotatable bonds is 2. The standard InChI is InChI=1S/C15H14N4/c16-11-5-3-10(4-6-11)15(7-8-15)14-18-12-2-1-9-17-13(12)19-14/h1-6,9H,7-8,16H2,(H,17,18,19). The number of nitrogens with two attached hydrogens (primary N) is 1. The van der Waals surface area contributed by atoms with Gasteiger partial charge in [0.25, 0.3) is 0 Å². The minimum atomic E-state index is 0.0361. The molecule has 94 valence electrons. The van der Waals surface area contributed by atoms with Crippen LogP contribution in [0.3, 0.4) is 0 Å². The molecule has 2 heterocycles. The van der Waals surface area contributed by atoms with Crippen LogP contribution in [0.5, 0.6) is 0 Å². The van der Waals surface area contributed by atoms with E-state index in [1.54, 1.807) is 6.20 Å². The van der Waals surface area contributed by atoms with Crippen LogP contribution in [0.15, 0.2) is 42.6 Å². The van der Waals surface area contributed by atoms with E-state index in [9.17, 15) is 0 Å². The number of aromatic nitrogens is 3. The van der Waals surface area contributed by atoms with Crippen molar-refractivity contribution in [3.63, 3.8) is 0 Å². The van der Waals surface area contributed by atoms with Crippen LogP contribution in [0.1, 0.15) is 24.2 Å². The molecule has 19 heavy (non-hydrogen) atoms. The highest BCUT2D eigenvalue weighted by Crippen LogP contribution is 2.52. The molecule has 0 aliphatic heterocycles. The van der Waals surface area contributed by atoms with Crippen LogP contribution in [0, 0.1) is 0 Å². The van der Waals surface area contributed by atoms with Gasteiger partial charge in [-0.3, -0.25) is 0 Å². The topological polar surface area (TPSA) is 67.6 Å². The van der Waals surface area contributed by atoms with Crippen LogP contribution in [-0.4, -0.2) is 15.0 Å². The summed E-state index contributed by atoms with van der Waals surface area (Å²) < 4.78 is 0. The number of pyridine rings is 1. The number of imidazole rings is 1. The Morgan fingerprint density at radius 2 is 1.89 bits per heavy atom. The van der Waals surface area contributed by atoms with E-state index in [-0.39, 0.29) is 5.41 Å². The molecule has 1 fully saturated rings. The maximum absolute atomic E-state index is 5.76. The second-order valence-electron chi connectivity index (χ2n) is 5.16. The number of hydrogen-bond acceptors (Lipinski definition) is 3. The lowest BCUT2D eigenvalue weighted by atomic mass is 9.95. The molecule has 0 unspecified atom stereocenters. The van der Waals surface area contributed by atoms with Gasteiger partial charge in [-0.15, -0.1) is 0 Å². The van der Waals surface area contributed by atoms with Gasteiger partial charge in [0.2, 0.25) is 0 Å². The van der Waals surface area contributed by atoms with Gasteiger partial charge in [-0.1, -0.05) is 12.1 Å². The van der Waals surface area contributed by atoms with Crippen LogP contribution in [0.4, 0.5) is 5.69 Å². The summed E-state index contributed by atoms with van der Waals surface area (Å²) in [7, 11) is 0. The lowest BCUT2D eigenvalue weighted by Crippen LogP contribution is -2.10. The van der Waals surface area contributed by atoms with E-state index in [0.717, 1.165) is 35.5 Å². The summed E-state index contributed by atoms with van der Waals surface area (Å²) in [6, 6.07) is 12.0. The lowest BCUT2D eigenvalue weighted by molar-refractivity contribution is 0.778.